The Balaban J connectivity index is 2.31. The van der Waals surface area contributed by atoms with Crippen LogP contribution in [0, 0.1) is 11.6 Å². The van der Waals surface area contributed by atoms with Crippen LogP contribution in [0.4, 0.5) is 8.78 Å². The van der Waals surface area contributed by atoms with Crippen molar-refractivity contribution in [1.29, 1.82) is 0 Å². The van der Waals surface area contributed by atoms with Gasteiger partial charge in [-0.05, 0) is 23.6 Å². The highest BCUT2D eigenvalue weighted by atomic mass is 19.2. The van der Waals surface area contributed by atoms with Crippen LogP contribution in [0.3, 0.4) is 0 Å². The van der Waals surface area contributed by atoms with E-state index in [9.17, 15) is 13.6 Å². The van der Waals surface area contributed by atoms with Crippen molar-refractivity contribution in [2.45, 2.75) is 19.8 Å². The van der Waals surface area contributed by atoms with Crippen LogP contribution < -0.4 is 0 Å². The molecule has 0 unspecified atom stereocenters. The van der Waals surface area contributed by atoms with Gasteiger partial charge in [-0.15, -0.1) is 0 Å². The van der Waals surface area contributed by atoms with Crippen molar-refractivity contribution in [3.05, 3.63) is 34.9 Å². The molecule has 0 saturated carbocycles. The fourth-order valence-electron chi connectivity index (χ4n) is 2.10. The second kappa shape index (κ2) is 5.65. The normalized spacial score (nSPS) is 15.9. The van der Waals surface area contributed by atoms with Gasteiger partial charge in [0.15, 0.2) is 11.6 Å². The maximum atomic E-state index is 13.6. The zero-order valence-corrected chi connectivity index (χ0v) is 11.1. The Morgan fingerprint density at radius 3 is 2.47 bits per heavy atom. The SMILES string of the molecule is CC(C)c1cc(C(=O)N2CCOCC2)cc(F)c1F. The van der Waals surface area contributed by atoms with Crippen LogP contribution in [0.25, 0.3) is 0 Å². The number of amides is 1. The summed E-state index contributed by atoms with van der Waals surface area (Å²) in [6.45, 7) is 5.45. The van der Waals surface area contributed by atoms with E-state index in [2.05, 4.69) is 0 Å². The molecule has 1 heterocycles. The molecule has 5 heteroatoms. The molecular weight excluding hydrogens is 252 g/mol. The minimum atomic E-state index is -0.970. The van der Waals surface area contributed by atoms with E-state index < -0.39 is 11.6 Å². The third-order valence-electron chi connectivity index (χ3n) is 3.22. The second-order valence-corrected chi connectivity index (χ2v) is 4.92. The lowest BCUT2D eigenvalue weighted by Gasteiger charge is -2.27. The van der Waals surface area contributed by atoms with E-state index >= 15 is 0 Å². The van der Waals surface area contributed by atoms with Crippen molar-refractivity contribution in [2.24, 2.45) is 0 Å². The van der Waals surface area contributed by atoms with Crippen molar-refractivity contribution in [3.63, 3.8) is 0 Å². The van der Waals surface area contributed by atoms with Gasteiger partial charge in [0.2, 0.25) is 0 Å². The van der Waals surface area contributed by atoms with Crippen molar-refractivity contribution >= 4 is 5.91 Å². The van der Waals surface area contributed by atoms with E-state index in [0.717, 1.165) is 6.07 Å². The maximum absolute atomic E-state index is 13.6. The van der Waals surface area contributed by atoms with E-state index in [-0.39, 0.29) is 23.0 Å². The largest absolute Gasteiger partial charge is 0.378 e. The summed E-state index contributed by atoms with van der Waals surface area (Å²) in [5.74, 6) is -2.28. The van der Waals surface area contributed by atoms with Crippen LogP contribution in [-0.2, 0) is 4.74 Å². The van der Waals surface area contributed by atoms with Gasteiger partial charge in [0, 0.05) is 18.7 Å². The topological polar surface area (TPSA) is 29.5 Å². The van der Waals surface area contributed by atoms with Gasteiger partial charge in [0.1, 0.15) is 0 Å². The van der Waals surface area contributed by atoms with E-state index in [1.54, 1.807) is 18.7 Å². The number of morpholine rings is 1. The van der Waals surface area contributed by atoms with E-state index in [0.29, 0.717) is 26.3 Å². The quantitative estimate of drug-likeness (QED) is 0.825. The lowest BCUT2D eigenvalue weighted by molar-refractivity contribution is 0.0302. The van der Waals surface area contributed by atoms with Crippen LogP contribution in [0.5, 0.6) is 0 Å². The van der Waals surface area contributed by atoms with Gasteiger partial charge < -0.3 is 9.64 Å². The Morgan fingerprint density at radius 1 is 1.26 bits per heavy atom. The van der Waals surface area contributed by atoms with Gasteiger partial charge in [-0.3, -0.25) is 4.79 Å². The average molecular weight is 269 g/mol. The predicted molar refractivity (Wildman–Crippen MR) is 67.2 cm³/mol. The highest BCUT2D eigenvalue weighted by molar-refractivity contribution is 5.94. The Hall–Kier alpha value is -1.49. The Bertz CT molecular complexity index is 483. The van der Waals surface area contributed by atoms with Gasteiger partial charge in [0.05, 0.1) is 13.2 Å². The molecule has 2 rings (SSSR count). The fraction of sp³-hybridized carbons (Fsp3) is 0.500. The number of hydrogen-bond donors (Lipinski definition) is 0. The van der Waals surface area contributed by atoms with Crippen LogP contribution in [0.2, 0.25) is 0 Å². The van der Waals surface area contributed by atoms with Gasteiger partial charge in [-0.1, -0.05) is 13.8 Å². The summed E-state index contributed by atoms with van der Waals surface area (Å²) in [7, 11) is 0. The summed E-state index contributed by atoms with van der Waals surface area (Å²) >= 11 is 0. The highest BCUT2D eigenvalue weighted by Gasteiger charge is 2.22. The third-order valence-corrected chi connectivity index (χ3v) is 3.22. The number of halogens is 2. The van der Waals surface area contributed by atoms with Crippen LogP contribution in [0.15, 0.2) is 12.1 Å². The van der Waals surface area contributed by atoms with Crippen molar-refractivity contribution in [1.82, 2.24) is 4.90 Å². The molecule has 19 heavy (non-hydrogen) atoms. The molecule has 1 fully saturated rings. The number of rotatable bonds is 2. The summed E-state index contributed by atoms with van der Waals surface area (Å²) in [4.78, 5) is 13.8. The molecule has 1 amide bonds. The molecule has 1 aliphatic rings. The molecule has 0 N–H and O–H groups in total. The maximum Gasteiger partial charge on any atom is 0.254 e. The first-order valence-corrected chi connectivity index (χ1v) is 6.36. The molecule has 0 radical (unpaired) electrons. The van der Waals surface area contributed by atoms with Crippen molar-refractivity contribution < 1.29 is 18.3 Å². The van der Waals surface area contributed by atoms with Gasteiger partial charge in [-0.2, -0.15) is 0 Å². The zero-order chi connectivity index (χ0) is 14.0. The monoisotopic (exact) mass is 269 g/mol. The number of carbonyl (C=O) groups excluding carboxylic acids is 1. The molecule has 0 spiro atoms. The molecule has 1 aliphatic heterocycles. The van der Waals surface area contributed by atoms with Crippen LogP contribution >= 0.6 is 0 Å². The molecule has 104 valence electrons. The molecule has 0 bridgehead atoms. The molecule has 1 aromatic carbocycles. The molecule has 0 atom stereocenters. The Morgan fingerprint density at radius 2 is 1.89 bits per heavy atom. The number of hydrogen-bond acceptors (Lipinski definition) is 2. The fourth-order valence-corrected chi connectivity index (χ4v) is 2.10. The van der Waals surface area contributed by atoms with Gasteiger partial charge >= 0.3 is 0 Å². The second-order valence-electron chi connectivity index (χ2n) is 4.92. The standard InChI is InChI=1S/C14H17F2NO2/c1-9(2)11-7-10(8-12(15)13(11)16)14(18)17-3-5-19-6-4-17/h7-9H,3-6H2,1-2H3. The molecule has 3 nitrogen and oxygen atoms in total. The lowest BCUT2D eigenvalue weighted by atomic mass is 9.99. The number of benzene rings is 1. The highest BCUT2D eigenvalue weighted by Crippen LogP contribution is 2.23. The molecule has 0 aromatic heterocycles. The summed E-state index contributed by atoms with van der Waals surface area (Å²) in [6, 6.07) is 2.42. The van der Waals surface area contributed by atoms with E-state index in [4.69, 9.17) is 4.74 Å². The first-order valence-electron chi connectivity index (χ1n) is 6.36. The van der Waals surface area contributed by atoms with Crippen LogP contribution in [0.1, 0.15) is 35.7 Å². The first kappa shape index (κ1) is 13.9. The number of ether oxygens (including phenoxy) is 1. The minimum absolute atomic E-state index is 0.174. The predicted octanol–water partition coefficient (Wildman–Crippen LogP) is 2.56. The zero-order valence-electron chi connectivity index (χ0n) is 11.1. The summed E-state index contributed by atoms with van der Waals surface area (Å²) in [5.41, 5.74) is 0.432. The molecule has 1 aromatic rings. The first-order chi connectivity index (χ1) is 9.00. The summed E-state index contributed by atoms with van der Waals surface area (Å²) in [6.07, 6.45) is 0. The van der Waals surface area contributed by atoms with Crippen LogP contribution in [-0.4, -0.2) is 37.1 Å². The minimum Gasteiger partial charge on any atom is -0.378 e. The molecule has 0 aliphatic carbocycles. The molecular formula is C14H17F2NO2. The lowest BCUT2D eigenvalue weighted by Crippen LogP contribution is -2.40. The van der Waals surface area contributed by atoms with E-state index in [1.807, 2.05) is 0 Å². The average Bonchev–Trinajstić information content (AvgIpc) is 2.41. The van der Waals surface area contributed by atoms with Gasteiger partial charge in [0.25, 0.3) is 5.91 Å². The summed E-state index contributed by atoms with van der Waals surface area (Å²) in [5, 5.41) is 0. The smallest absolute Gasteiger partial charge is 0.254 e. The van der Waals surface area contributed by atoms with Gasteiger partial charge in [-0.25, -0.2) is 8.78 Å². The summed E-state index contributed by atoms with van der Waals surface area (Å²) < 4.78 is 32.3. The van der Waals surface area contributed by atoms with E-state index in [1.165, 1.54) is 6.07 Å². The molecule has 1 saturated heterocycles. The number of nitrogens with zero attached hydrogens (tertiary/aromatic N) is 1. The third kappa shape index (κ3) is 2.92. The Kier molecular flexibility index (Phi) is 4.14. The van der Waals surface area contributed by atoms with Crippen molar-refractivity contribution in [2.75, 3.05) is 26.3 Å². The number of carbonyl (C=O) groups is 1. The van der Waals surface area contributed by atoms with Crippen molar-refractivity contribution in [3.8, 4) is 0 Å². The Labute approximate surface area is 111 Å².